The van der Waals surface area contributed by atoms with Crippen molar-refractivity contribution < 1.29 is 4.74 Å². The Labute approximate surface area is 108 Å². The smallest absolute Gasteiger partial charge is 0.0490 e. The zero-order valence-corrected chi connectivity index (χ0v) is 12.3. The van der Waals surface area contributed by atoms with Gasteiger partial charge in [0.2, 0.25) is 0 Å². The highest BCUT2D eigenvalue weighted by atomic mass is 16.5. The Hall–Kier alpha value is -0.0800. The molecule has 0 amide bonds. The number of nitrogens with one attached hydrogen (secondary N) is 1. The molecule has 1 saturated carbocycles. The maximum Gasteiger partial charge on any atom is 0.0490 e. The van der Waals surface area contributed by atoms with E-state index in [2.05, 4.69) is 33.0 Å². The molecule has 1 rings (SSSR count). The second-order valence-corrected chi connectivity index (χ2v) is 6.34. The van der Waals surface area contributed by atoms with Gasteiger partial charge >= 0.3 is 0 Å². The lowest BCUT2D eigenvalue weighted by atomic mass is 9.69. The first-order valence-electron chi connectivity index (χ1n) is 7.26. The first-order valence-corrected chi connectivity index (χ1v) is 7.26. The first-order chi connectivity index (χ1) is 8.04. The normalized spacial score (nSPS) is 31.8. The molecule has 2 nitrogen and oxygen atoms in total. The molecule has 1 N–H and O–H groups in total. The van der Waals surface area contributed by atoms with E-state index in [-0.39, 0.29) is 0 Å². The summed E-state index contributed by atoms with van der Waals surface area (Å²) in [6, 6.07) is 0.604. The molecule has 0 saturated heterocycles. The van der Waals surface area contributed by atoms with E-state index >= 15 is 0 Å². The fourth-order valence-electron chi connectivity index (χ4n) is 3.21. The molecule has 102 valence electrons. The average Bonchev–Trinajstić information content (AvgIpc) is 2.27. The van der Waals surface area contributed by atoms with Crippen molar-refractivity contribution in [2.75, 3.05) is 20.3 Å². The van der Waals surface area contributed by atoms with Gasteiger partial charge in [-0.15, -0.1) is 0 Å². The van der Waals surface area contributed by atoms with Crippen molar-refractivity contribution in [3.63, 3.8) is 0 Å². The molecule has 0 radical (unpaired) electrons. The number of rotatable bonds is 6. The predicted molar refractivity (Wildman–Crippen MR) is 74.2 cm³/mol. The molecule has 0 bridgehead atoms. The third-order valence-corrected chi connectivity index (χ3v) is 4.26. The predicted octanol–water partition coefficient (Wildman–Crippen LogP) is 3.32. The second-order valence-electron chi connectivity index (χ2n) is 6.34. The molecular weight excluding hydrogens is 210 g/mol. The Morgan fingerprint density at radius 2 is 1.94 bits per heavy atom. The van der Waals surface area contributed by atoms with Crippen LogP contribution in [0.15, 0.2) is 0 Å². The van der Waals surface area contributed by atoms with Crippen LogP contribution in [0.3, 0.4) is 0 Å². The van der Waals surface area contributed by atoms with Crippen molar-refractivity contribution in [1.82, 2.24) is 5.32 Å². The van der Waals surface area contributed by atoms with Crippen molar-refractivity contribution in [3.8, 4) is 0 Å². The SMILES string of the molecule is COCC(C)C1CC(C)CCC1CNC(C)C. The number of methoxy groups -OCH3 is 1. The van der Waals surface area contributed by atoms with Gasteiger partial charge in [-0.05, 0) is 43.1 Å². The Balaban J connectivity index is 2.51. The molecule has 17 heavy (non-hydrogen) atoms. The van der Waals surface area contributed by atoms with Crippen molar-refractivity contribution in [2.45, 2.75) is 53.0 Å². The largest absolute Gasteiger partial charge is 0.384 e. The highest BCUT2D eigenvalue weighted by molar-refractivity contribution is 4.83. The fraction of sp³-hybridized carbons (Fsp3) is 1.00. The zero-order valence-electron chi connectivity index (χ0n) is 12.3. The third kappa shape index (κ3) is 4.97. The standard InChI is InChI=1S/C15H31NO/c1-11(2)16-9-14-7-6-12(3)8-15(14)13(4)10-17-5/h11-16H,6-10H2,1-5H3. The summed E-state index contributed by atoms with van der Waals surface area (Å²) in [6.45, 7) is 11.3. The summed E-state index contributed by atoms with van der Waals surface area (Å²) in [4.78, 5) is 0. The summed E-state index contributed by atoms with van der Waals surface area (Å²) >= 11 is 0. The van der Waals surface area contributed by atoms with Gasteiger partial charge in [-0.1, -0.05) is 34.1 Å². The average molecular weight is 241 g/mol. The summed E-state index contributed by atoms with van der Waals surface area (Å²) in [5, 5.41) is 3.62. The van der Waals surface area contributed by atoms with Crippen LogP contribution in [0.1, 0.15) is 47.0 Å². The van der Waals surface area contributed by atoms with E-state index in [9.17, 15) is 0 Å². The molecule has 0 aromatic rings. The van der Waals surface area contributed by atoms with E-state index < -0.39 is 0 Å². The van der Waals surface area contributed by atoms with E-state index in [1.807, 2.05) is 7.11 Å². The molecule has 1 aliphatic carbocycles. The number of hydrogen-bond donors (Lipinski definition) is 1. The van der Waals surface area contributed by atoms with Gasteiger partial charge in [-0.2, -0.15) is 0 Å². The molecule has 1 aliphatic rings. The minimum Gasteiger partial charge on any atom is -0.384 e. The number of hydrogen-bond acceptors (Lipinski definition) is 2. The summed E-state index contributed by atoms with van der Waals surface area (Å²) in [5.41, 5.74) is 0. The Bertz CT molecular complexity index is 205. The highest BCUT2D eigenvalue weighted by Gasteiger charge is 2.32. The van der Waals surface area contributed by atoms with Crippen LogP contribution < -0.4 is 5.32 Å². The van der Waals surface area contributed by atoms with Gasteiger partial charge < -0.3 is 10.1 Å². The zero-order chi connectivity index (χ0) is 12.8. The van der Waals surface area contributed by atoms with Gasteiger partial charge in [-0.3, -0.25) is 0 Å². The minimum absolute atomic E-state index is 0.604. The van der Waals surface area contributed by atoms with E-state index in [1.165, 1.54) is 25.8 Å². The van der Waals surface area contributed by atoms with E-state index in [4.69, 9.17) is 4.74 Å². The first kappa shape index (κ1) is 15.0. The van der Waals surface area contributed by atoms with Crippen molar-refractivity contribution in [2.24, 2.45) is 23.7 Å². The summed E-state index contributed by atoms with van der Waals surface area (Å²) in [6.07, 6.45) is 4.18. The van der Waals surface area contributed by atoms with Crippen molar-refractivity contribution in [3.05, 3.63) is 0 Å². The van der Waals surface area contributed by atoms with Crippen molar-refractivity contribution >= 4 is 0 Å². The molecule has 0 spiro atoms. The highest BCUT2D eigenvalue weighted by Crippen LogP contribution is 2.38. The molecule has 1 fully saturated rings. The van der Waals surface area contributed by atoms with Crippen LogP contribution >= 0.6 is 0 Å². The third-order valence-electron chi connectivity index (χ3n) is 4.26. The van der Waals surface area contributed by atoms with Gasteiger partial charge in [0.15, 0.2) is 0 Å². The lowest BCUT2D eigenvalue weighted by Gasteiger charge is -2.39. The quantitative estimate of drug-likeness (QED) is 0.770. The van der Waals surface area contributed by atoms with Crippen LogP contribution in [0.25, 0.3) is 0 Å². The molecule has 0 heterocycles. The van der Waals surface area contributed by atoms with Gasteiger partial charge in [0.05, 0.1) is 0 Å². The van der Waals surface area contributed by atoms with Gasteiger partial charge in [0, 0.05) is 19.8 Å². The lowest BCUT2D eigenvalue weighted by molar-refractivity contribution is 0.0681. The number of ether oxygens (including phenoxy) is 1. The van der Waals surface area contributed by atoms with Crippen LogP contribution in [0.2, 0.25) is 0 Å². The summed E-state index contributed by atoms with van der Waals surface area (Å²) in [7, 11) is 1.82. The van der Waals surface area contributed by atoms with Crippen LogP contribution in [-0.2, 0) is 4.74 Å². The maximum absolute atomic E-state index is 5.35. The van der Waals surface area contributed by atoms with E-state index in [1.54, 1.807) is 0 Å². The van der Waals surface area contributed by atoms with Crippen LogP contribution in [0.5, 0.6) is 0 Å². The van der Waals surface area contributed by atoms with E-state index in [0.29, 0.717) is 12.0 Å². The fourth-order valence-corrected chi connectivity index (χ4v) is 3.21. The molecular formula is C15H31NO. The topological polar surface area (TPSA) is 21.3 Å². The minimum atomic E-state index is 0.604. The molecule has 0 aromatic heterocycles. The lowest BCUT2D eigenvalue weighted by Crippen LogP contribution is -2.38. The van der Waals surface area contributed by atoms with Gasteiger partial charge in [0.1, 0.15) is 0 Å². The summed E-state index contributed by atoms with van der Waals surface area (Å²) < 4.78 is 5.35. The maximum atomic E-state index is 5.35. The molecule has 4 unspecified atom stereocenters. The Morgan fingerprint density at radius 3 is 2.53 bits per heavy atom. The summed E-state index contributed by atoms with van der Waals surface area (Å²) in [5.74, 6) is 3.28. The molecule has 4 atom stereocenters. The van der Waals surface area contributed by atoms with E-state index in [0.717, 1.165) is 24.4 Å². The second kappa shape index (κ2) is 7.38. The molecule has 0 aliphatic heterocycles. The van der Waals surface area contributed by atoms with Gasteiger partial charge in [-0.25, -0.2) is 0 Å². The van der Waals surface area contributed by atoms with Gasteiger partial charge in [0.25, 0.3) is 0 Å². The Kier molecular flexibility index (Phi) is 6.50. The molecule has 2 heteroatoms. The van der Waals surface area contributed by atoms with Crippen LogP contribution in [0, 0.1) is 23.7 Å². The van der Waals surface area contributed by atoms with Crippen LogP contribution in [-0.4, -0.2) is 26.3 Å². The Morgan fingerprint density at radius 1 is 1.24 bits per heavy atom. The molecule has 0 aromatic carbocycles. The van der Waals surface area contributed by atoms with Crippen molar-refractivity contribution in [1.29, 1.82) is 0 Å². The van der Waals surface area contributed by atoms with Crippen LogP contribution in [0.4, 0.5) is 0 Å². The monoisotopic (exact) mass is 241 g/mol.